The van der Waals surface area contributed by atoms with Gasteiger partial charge in [-0.3, -0.25) is 0 Å². The molecule has 1 aliphatic rings. The number of sulfonamides is 1. The highest BCUT2D eigenvalue weighted by Crippen LogP contribution is 2.24. The maximum Gasteiger partial charge on any atom is 0.241 e. The Morgan fingerprint density at radius 2 is 1.96 bits per heavy atom. The molecule has 9 heteroatoms. The van der Waals surface area contributed by atoms with Crippen LogP contribution in [-0.4, -0.2) is 63.1 Å². The van der Waals surface area contributed by atoms with Crippen LogP contribution in [0.5, 0.6) is 0 Å². The van der Waals surface area contributed by atoms with Crippen LogP contribution in [0.1, 0.15) is 5.56 Å². The molecule has 0 aliphatic carbocycles. The highest BCUT2D eigenvalue weighted by atomic mass is 32.2. The SMILES string of the molecule is Cc1ccc(F)cc1S(=O)(=O)N[C@@H]1CN(c2ncccn2)C[C@H]1CN(C)C. The van der Waals surface area contributed by atoms with Crippen molar-refractivity contribution in [2.75, 3.05) is 38.6 Å². The van der Waals surface area contributed by atoms with Gasteiger partial charge in [-0.25, -0.2) is 27.5 Å². The zero-order valence-corrected chi connectivity index (χ0v) is 16.4. The van der Waals surface area contributed by atoms with E-state index in [1.165, 1.54) is 12.1 Å². The van der Waals surface area contributed by atoms with E-state index in [9.17, 15) is 12.8 Å². The Bertz CT molecular complexity index is 892. The minimum absolute atomic E-state index is 0.0273. The Morgan fingerprint density at radius 3 is 2.63 bits per heavy atom. The Kier molecular flexibility index (Phi) is 5.73. The summed E-state index contributed by atoms with van der Waals surface area (Å²) in [4.78, 5) is 12.5. The van der Waals surface area contributed by atoms with Crippen molar-refractivity contribution in [2.24, 2.45) is 5.92 Å². The number of anilines is 1. The Balaban J connectivity index is 1.85. The summed E-state index contributed by atoms with van der Waals surface area (Å²) in [6.07, 6.45) is 3.33. The molecule has 1 aliphatic heterocycles. The van der Waals surface area contributed by atoms with Gasteiger partial charge in [0.1, 0.15) is 5.82 Å². The van der Waals surface area contributed by atoms with Crippen molar-refractivity contribution in [1.82, 2.24) is 19.6 Å². The molecule has 0 unspecified atom stereocenters. The second-order valence-corrected chi connectivity index (χ2v) is 8.80. The molecule has 2 aromatic rings. The number of aryl methyl sites for hydroxylation is 1. The third-order valence-electron chi connectivity index (χ3n) is 4.62. The topological polar surface area (TPSA) is 78.4 Å². The highest BCUT2D eigenvalue weighted by molar-refractivity contribution is 7.89. The molecule has 1 fully saturated rings. The fourth-order valence-corrected chi connectivity index (χ4v) is 4.96. The molecule has 146 valence electrons. The van der Waals surface area contributed by atoms with E-state index in [-0.39, 0.29) is 16.9 Å². The minimum Gasteiger partial charge on any atom is -0.339 e. The van der Waals surface area contributed by atoms with Gasteiger partial charge in [0, 0.05) is 44.0 Å². The third-order valence-corrected chi connectivity index (χ3v) is 6.25. The first-order chi connectivity index (χ1) is 12.8. The predicted molar refractivity (Wildman–Crippen MR) is 102 cm³/mol. The second-order valence-electron chi connectivity index (χ2n) is 7.11. The van der Waals surface area contributed by atoms with Gasteiger partial charge in [0.2, 0.25) is 16.0 Å². The van der Waals surface area contributed by atoms with Crippen LogP contribution in [0, 0.1) is 18.7 Å². The summed E-state index contributed by atoms with van der Waals surface area (Å²) in [6.45, 7) is 3.45. The summed E-state index contributed by atoms with van der Waals surface area (Å²) in [7, 11) is 0.0495. The molecule has 1 N–H and O–H groups in total. The average molecular weight is 393 g/mol. The first-order valence-electron chi connectivity index (χ1n) is 8.71. The van der Waals surface area contributed by atoms with Gasteiger partial charge in [0.15, 0.2) is 0 Å². The van der Waals surface area contributed by atoms with Crippen molar-refractivity contribution in [2.45, 2.75) is 17.9 Å². The maximum absolute atomic E-state index is 13.6. The average Bonchev–Trinajstić information content (AvgIpc) is 2.99. The summed E-state index contributed by atoms with van der Waals surface area (Å²) in [5, 5.41) is 0. The normalized spacial score (nSPS) is 20.4. The first-order valence-corrected chi connectivity index (χ1v) is 10.2. The zero-order chi connectivity index (χ0) is 19.6. The third kappa shape index (κ3) is 4.60. The van der Waals surface area contributed by atoms with E-state index >= 15 is 0 Å². The number of nitrogens with zero attached hydrogens (tertiary/aromatic N) is 4. The molecule has 3 rings (SSSR count). The van der Waals surface area contributed by atoms with E-state index in [1.54, 1.807) is 25.4 Å². The van der Waals surface area contributed by atoms with E-state index in [1.807, 2.05) is 23.9 Å². The number of benzene rings is 1. The van der Waals surface area contributed by atoms with Crippen LogP contribution in [-0.2, 0) is 10.0 Å². The molecule has 2 heterocycles. The number of nitrogens with one attached hydrogen (secondary N) is 1. The lowest BCUT2D eigenvalue weighted by Gasteiger charge is -2.22. The Morgan fingerprint density at radius 1 is 1.26 bits per heavy atom. The minimum atomic E-state index is -3.85. The van der Waals surface area contributed by atoms with Crippen molar-refractivity contribution in [3.63, 3.8) is 0 Å². The Hall–Kier alpha value is -2.10. The molecule has 1 aromatic carbocycles. The van der Waals surface area contributed by atoms with Crippen LogP contribution in [0.3, 0.4) is 0 Å². The van der Waals surface area contributed by atoms with Gasteiger partial charge in [-0.15, -0.1) is 0 Å². The summed E-state index contributed by atoms with van der Waals surface area (Å²) in [5.41, 5.74) is 0.509. The van der Waals surface area contributed by atoms with Crippen molar-refractivity contribution in [3.8, 4) is 0 Å². The molecule has 0 saturated carbocycles. The maximum atomic E-state index is 13.6. The van der Waals surface area contributed by atoms with Gasteiger partial charge in [0.05, 0.1) is 4.90 Å². The largest absolute Gasteiger partial charge is 0.339 e. The second kappa shape index (κ2) is 7.87. The lowest BCUT2D eigenvalue weighted by atomic mass is 10.0. The molecule has 2 atom stereocenters. The molecule has 1 aromatic heterocycles. The highest BCUT2D eigenvalue weighted by Gasteiger charge is 2.37. The lowest BCUT2D eigenvalue weighted by Crippen LogP contribution is -2.43. The van der Waals surface area contributed by atoms with E-state index < -0.39 is 15.8 Å². The Labute approximate surface area is 159 Å². The number of halogens is 1. The molecule has 7 nitrogen and oxygen atoms in total. The molecular formula is C18H24FN5O2S. The number of hydrogen-bond acceptors (Lipinski definition) is 6. The summed E-state index contributed by atoms with van der Waals surface area (Å²) < 4.78 is 42.2. The van der Waals surface area contributed by atoms with Crippen molar-refractivity contribution in [3.05, 3.63) is 48.0 Å². The van der Waals surface area contributed by atoms with Gasteiger partial charge in [0.25, 0.3) is 0 Å². The lowest BCUT2D eigenvalue weighted by molar-refractivity contribution is 0.315. The van der Waals surface area contributed by atoms with E-state index in [2.05, 4.69) is 14.7 Å². The standard InChI is InChI=1S/C18H24FN5O2S/c1-13-5-6-15(19)9-17(13)27(25,26)22-16-12-24(11-14(16)10-23(2)3)18-20-7-4-8-21-18/h4-9,14,16,22H,10-12H2,1-3H3/t14-,16-/m1/s1. The molecular weight excluding hydrogens is 369 g/mol. The zero-order valence-electron chi connectivity index (χ0n) is 15.6. The van der Waals surface area contributed by atoms with Crippen molar-refractivity contribution < 1.29 is 12.8 Å². The van der Waals surface area contributed by atoms with Gasteiger partial charge in [-0.2, -0.15) is 0 Å². The van der Waals surface area contributed by atoms with E-state index in [4.69, 9.17) is 0 Å². The van der Waals surface area contributed by atoms with Gasteiger partial charge in [-0.1, -0.05) is 6.07 Å². The summed E-state index contributed by atoms with van der Waals surface area (Å²) in [5.74, 6) is 0.0499. The van der Waals surface area contributed by atoms with Crippen LogP contribution in [0.15, 0.2) is 41.6 Å². The van der Waals surface area contributed by atoms with Crippen LogP contribution < -0.4 is 9.62 Å². The number of rotatable bonds is 6. The van der Waals surface area contributed by atoms with Gasteiger partial charge < -0.3 is 9.80 Å². The fourth-order valence-electron chi connectivity index (χ4n) is 3.40. The molecule has 0 radical (unpaired) electrons. The fraction of sp³-hybridized carbons (Fsp3) is 0.444. The monoisotopic (exact) mass is 393 g/mol. The quantitative estimate of drug-likeness (QED) is 0.796. The van der Waals surface area contributed by atoms with Crippen molar-refractivity contribution >= 4 is 16.0 Å². The molecule has 0 bridgehead atoms. The molecule has 0 spiro atoms. The van der Waals surface area contributed by atoms with Crippen LogP contribution in [0.4, 0.5) is 10.3 Å². The van der Waals surface area contributed by atoms with Crippen LogP contribution in [0.2, 0.25) is 0 Å². The van der Waals surface area contributed by atoms with Gasteiger partial charge in [-0.05, 0) is 44.8 Å². The smallest absolute Gasteiger partial charge is 0.241 e. The molecule has 27 heavy (non-hydrogen) atoms. The van der Waals surface area contributed by atoms with Gasteiger partial charge >= 0.3 is 0 Å². The van der Waals surface area contributed by atoms with Crippen LogP contribution in [0.25, 0.3) is 0 Å². The van der Waals surface area contributed by atoms with Crippen LogP contribution >= 0.6 is 0 Å². The summed E-state index contributed by atoms with van der Waals surface area (Å²) in [6, 6.07) is 5.20. The van der Waals surface area contributed by atoms with E-state index in [0.717, 1.165) is 6.07 Å². The predicted octanol–water partition coefficient (Wildman–Crippen LogP) is 1.27. The number of hydrogen-bond donors (Lipinski definition) is 1. The molecule has 0 amide bonds. The summed E-state index contributed by atoms with van der Waals surface area (Å²) >= 11 is 0. The van der Waals surface area contributed by atoms with E-state index in [0.29, 0.717) is 31.1 Å². The first kappa shape index (κ1) is 19.7. The van der Waals surface area contributed by atoms with Crippen molar-refractivity contribution in [1.29, 1.82) is 0 Å². The number of aromatic nitrogens is 2. The molecule has 1 saturated heterocycles.